The van der Waals surface area contributed by atoms with E-state index in [0.717, 1.165) is 25.5 Å². The minimum absolute atomic E-state index is 0.739. The van der Waals surface area contributed by atoms with Crippen LogP contribution in [-0.2, 0) is 6.54 Å². The number of aliphatic imine (C=N–C) groups is 1. The second-order valence-corrected chi connectivity index (χ2v) is 4.12. The van der Waals surface area contributed by atoms with E-state index in [0.29, 0.717) is 0 Å². The second kappa shape index (κ2) is 6.42. The van der Waals surface area contributed by atoms with Gasteiger partial charge in [0.1, 0.15) is 0 Å². The molecule has 0 spiro atoms. The number of nitrogens with one attached hydrogen (secondary N) is 1. The van der Waals surface area contributed by atoms with Gasteiger partial charge in [0, 0.05) is 20.1 Å². The van der Waals surface area contributed by atoms with Crippen LogP contribution < -0.4 is 11.3 Å². The van der Waals surface area contributed by atoms with E-state index >= 15 is 0 Å². The Morgan fingerprint density at radius 3 is 3.00 bits per heavy atom. The Morgan fingerprint density at radius 2 is 2.47 bits per heavy atom. The Kier molecular flexibility index (Phi) is 5.14. The summed E-state index contributed by atoms with van der Waals surface area (Å²) in [5, 5.41) is 4.20. The predicted octanol–water partition coefficient (Wildman–Crippen LogP) is 1.41. The van der Waals surface area contributed by atoms with Gasteiger partial charge in [-0.3, -0.25) is 10.4 Å². The van der Waals surface area contributed by atoms with Crippen molar-refractivity contribution in [3.8, 4) is 0 Å². The number of hydrogen-bond acceptors (Lipinski definition) is 3. The molecule has 0 amide bonds. The van der Waals surface area contributed by atoms with Crippen molar-refractivity contribution < 1.29 is 0 Å². The van der Waals surface area contributed by atoms with Gasteiger partial charge in [0.25, 0.3) is 0 Å². The lowest BCUT2D eigenvalue weighted by atomic mass is 10.3. The maximum absolute atomic E-state index is 5.42. The van der Waals surface area contributed by atoms with Crippen LogP contribution in [0.25, 0.3) is 0 Å². The largest absolute Gasteiger partial charge is 0.341 e. The molecule has 5 heteroatoms. The molecule has 0 atom stereocenters. The van der Waals surface area contributed by atoms with E-state index in [2.05, 4.69) is 34.2 Å². The topological polar surface area (TPSA) is 53.6 Å². The third-order valence-electron chi connectivity index (χ3n) is 1.98. The maximum Gasteiger partial charge on any atom is 0.208 e. The van der Waals surface area contributed by atoms with E-state index < -0.39 is 0 Å². The summed E-state index contributed by atoms with van der Waals surface area (Å²) in [7, 11) is 1.98. The number of rotatable bonds is 4. The van der Waals surface area contributed by atoms with E-state index in [4.69, 9.17) is 5.84 Å². The first-order valence-corrected chi connectivity index (χ1v) is 5.95. The van der Waals surface area contributed by atoms with Crippen LogP contribution in [0, 0.1) is 0 Å². The fourth-order valence-electron chi connectivity index (χ4n) is 1.23. The molecule has 0 aliphatic rings. The van der Waals surface area contributed by atoms with Crippen molar-refractivity contribution in [2.45, 2.75) is 19.9 Å². The SMILES string of the molecule is CCCN=C(NN)N(C)Cc1ccsc1. The highest BCUT2D eigenvalue weighted by Crippen LogP contribution is 2.08. The van der Waals surface area contributed by atoms with Gasteiger partial charge in [-0.05, 0) is 28.8 Å². The van der Waals surface area contributed by atoms with Crippen LogP contribution in [0.15, 0.2) is 21.8 Å². The molecule has 3 N–H and O–H groups in total. The summed E-state index contributed by atoms with van der Waals surface area (Å²) in [6.45, 7) is 3.72. The molecule has 4 nitrogen and oxygen atoms in total. The number of nitrogens with zero attached hydrogens (tertiary/aromatic N) is 2. The van der Waals surface area contributed by atoms with E-state index in [-0.39, 0.29) is 0 Å². The minimum atomic E-state index is 0.739. The molecule has 0 aromatic carbocycles. The van der Waals surface area contributed by atoms with Crippen molar-refractivity contribution in [1.29, 1.82) is 0 Å². The third kappa shape index (κ3) is 3.89. The summed E-state index contributed by atoms with van der Waals surface area (Å²) in [4.78, 5) is 6.36. The first-order chi connectivity index (χ1) is 7.27. The highest BCUT2D eigenvalue weighted by molar-refractivity contribution is 7.07. The molecule has 0 unspecified atom stereocenters. The lowest BCUT2D eigenvalue weighted by Gasteiger charge is -2.19. The number of hydrogen-bond donors (Lipinski definition) is 2. The van der Waals surface area contributed by atoms with Crippen molar-refractivity contribution in [2.75, 3.05) is 13.6 Å². The van der Waals surface area contributed by atoms with Crippen molar-refractivity contribution in [2.24, 2.45) is 10.8 Å². The summed E-state index contributed by atoms with van der Waals surface area (Å²) < 4.78 is 0. The van der Waals surface area contributed by atoms with Gasteiger partial charge in [0.2, 0.25) is 5.96 Å². The van der Waals surface area contributed by atoms with Crippen LogP contribution in [0.1, 0.15) is 18.9 Å². The quantitative estimate of drug-likeness (QED) is 0.353. The molecule has 0 bridgehead atoms. The van der Waals surface area contributed by atoms with Crippen LogP contribution in [-0.4, -0.2) is 24.5 Å². The molecule has 0 saturated carbocycles. The van der Waals surface area contributed by atoms with Crippen molar-refractivity contribution in [1.82, 2.24) is 10.3 Å². The fraction of sp³-hybridized carbons (Fsp3) is 0.500. The van der Waals surface area contributed by atoms with Crippen LogP contribution in [0.3, 0.4) is 0 Å². The molecule has 0 radical (unpaired) electrons. The molecular formula is C10H18N4S. The molecule has 1 aromatic rings. The molecule has 1 rings (SSSR count). The van der Waals surface area contributed by atoms with E-state index in [9.17, 15) is 0 Å². The van der Waals surface area contributed by atoms with Crippen molar-refractivity contribution in [3.63, 3.8) is 0 Å². The lowest BCUT2D eigenvalue weighted by Crippen LogP contribution is -2.42. The van der Waals surface area contributed by atoms with E-state index in [1.165, 1.54) is 5.56 Å². The van der Waals surface area contributed by atoms with Crippen LogP contribution in [0.4, 0.5) is 0 Å². The van der Waals surface area contributed by atoms with Crippen LogP contribution in [0.5, 0.6) is 0 Å². The smallest absolute Gasteiger partial charge is 0.208 e. The maximum atomic E-state index is 5.42. The van der Waals surface area contributed by atoms with Gasteiger partial charge in [0.15, 0.2) is 0 Å². The average Bonchev–Trinajstić information content (AvgIpc) is 2.71. The molecule has 15 heavy (non-hydrogen) atoms. The second-order valence-electron chi connectivity index (χ2n) is 3.34. The Bertz CT molecular complexity index is 294. The van der Waals surface area contributed by atoms with Crippen molar-refractivity contribution in [3.05, 3.63) is 22.4 Å². The zero-order valence-corrected chi connectivity index (χ0v) is 10.0. The Labute approximate surface area is 94.8 Å². The summed E-state index contributed by atoms with van der Waals surface area (Å²) in [5.41, 5.74) is 3.91. The summed E-state index contributed by atoms with van der Waals surface area (Å²) >= 11 is 1.70. The van der Waals surface area contributed by atoms with Gasteiger partial charge < -0.3 is 4.90 Å². The summed E-state index contributed by atoms with van der Waals surface area (Å²) in [6.07, 6.45) is 1.03. The van der Waals surface area contributed by atoms with Gasteiger partial charge in [-0.1, -0.05) is 6.92 Å². The highest BCUT2D eigenvalue weighted by Gasteiger charge is 2.05. The summed E-state index contributed by atoms with van der Waals surface area (Å²) in [5.74, 6) is 6.16. The minimum Gasteiger partial charge on any atom is -0.341 e. The van der Waals surface area contributed by atoms with E-state index in [1.807, 2.05) is 11.9 Å². The number of hydrazine groups is 1. The molecule has 84 valence electrons. The molecule has 0 aliphatic heterocycles. The molecule has 0 aliphatic carbocycles. The molecule has 0 saturated heterocycles. The molecule has 1 heterocycles. The Balaban J connectivity index is 2.53. The van der Waals surface area contributed by atoms with Crippen LogP contribution >= 0.6 is 11.3 Å². The fourth-order valence-corrected chi connectivity index (χ4v) is 1.89. The third-order valence-corrected chi connectivity index (χ3v) is 2.71. The first-order valence-electron chi connectivity index (χ1n) is 5.01. The average molecular weight is 226 g/mol. The van der Waals surface area contributed by atoms with Gasteiger partial charge in [-0.2, -0.15) is 11.3 Å². The summed E-state index contributed by atoms with van der Waals surface area (Å²) in [6, 6.07) is 2.11. The van der Waals surface area contributed by atoms with Gasteiger partial charge in [-0.25, -0.2) is 5.84 Å². The zero-order valence-electron chi connectivity index (χ0n) is 9.23. The molecule has 1 aromatic heterocycles. The Morgan fingerprint density at radius 1 is 1.67 bits per heavy atom. The number of nitrogens with two attached hydrogens (primary N) is 1. The van der Waals surface area contributed by atoms with Gasteiger partial charge in [-0.15, -0.1) is 0 Å². The van der Waals surface area contributed by atoms with Crippen molar-refractivity contribution >= 4 is 17.3 Å². The molecule has 0 fully saturated rings. The zero-order chi connectivity index (χ0) is 11.1. The van der Waals surface area contributed by atoms with E-state index in [1.54, 1.807) is 11.3 Å². The highest BCUT2D eigenvalue weighted by atomic mass is 32.1. The van der Waals surface area contributed by atoms with Crippen LogP contribution in [0.2, 0.25) is 0 Å². The Hall–Kier alpha value is -1.07. The molecular weight excluding hydrogens is 208 g/mol. The van der Waals surface area contributed by atoms with Gasteiger partial charge in [0.05, 0.1) is 0 Å². The standard InChI is InChI=1S/C10H18N4S/c1-3-5-12-10(13-11)14(2)7-9-4-6-15-8-9/h4,6,8H,3,5,7,11H2,1-2H3,(H,12,13). The number of guanidine groups is 1. The lowest BCUT2D eigenvalue weighted by molar-refractivity contribution is 0.477. The normalized spacial score (nSPS) is 11.5. The predicted molar refractivity (Wildman–Crippen MR) is 65.7 cm³/mol. The monoisotopic (exact) mass is 226 g/mol. The first kappa shape index (κ1) is 12.0. The number of thiophene rings is 1. The van der Waals surface area contributed by atoms with Gasteiger partial charge >= 0.3 is 0 Å².